The molecule has 0 atom stereocenters. The highest BCUT2D eigenvalue weighted by molar-refractivity contribution is 7.21. The van der Waals surface area contributed by atoms with Crippen LogP contribution in [-0.2, 0) is 6.54 Å². The molecule has 2 aromatic heterocycles. The van der Waals surface area contributed by atoms with Crippen molar-refractivity contribution in [3.8, 4) is 10.8 Å². The lowest BCUT2D eigenvalue weighted by atomic mass is 10.3. The Balaban J connectivity index is 1.70. The van der Waals surface area contributed by atoms with Gasteiger partial charge in [0.05, 0.1) is 16.8 Å². The summed E-state index contributed by atoms with van der Waals surface area (Å²) in [6, 6.07) is 12.4. The van der Waals surface area contributed by atoms with Gasteiger partial charge < -0.3 is 15.1 Å². The minimum atomic E-state index is 0.330. The SMILES string of the molecule is CN=C(NCc1ccc(-c2nc3ccccc3s2)o1)NC(C)C. The van der Waals surface area contributed by atoms with Gasteiger partial charge in [0.1, 0.15) is 5.76 Å². The Hall–Kier alpha value is -2.34. The molecule has 6 heteroatoms. The maximum atomic E-state index is 5.90. The number of fused-ring (bicyclic) bond motifs is 1. The summed E-state index contributed by atoms with van der Waals surface area (Å²) in [5.74, 6) is 2.42. The average Bonchev–Trinajstić information content (AvgIpc) is 3.17. The smallest absolute Gasteiger partial charge is 0.191 e. The van der Waals surface area contributed by atoms with Crippen LogP contribution in [0, 0.1) is 0 Å². The summed E-state index contributed by atoms with van der Waals surface area (Å²) in [4.78, 5) is 8.79. The summed E-state index contributed by atoms with van der Waals surface area (Å²) in [5, 5.41) is 7.38. The van der Waals surface area contributed by atoms with Gasteiger partial charge in [-0.05, 0) is 38.1 Å². The van der Waals surface area contributed by atoms with Crippen LogP contribution in [-0.4, -0.2) is 24.0 Å². The molecule has 0 saturated heterocycles. The number of guanidine groups is 1. The van der Waals surface area contributed by atoms with Gasteiger partial charge in [0.25, 0.3) is 0 Å². The molecule has 1 aromatic carbocycles. The predicted octanol–water partition coefficient (Wildman–Crippen LogP) is 3.63. The lowest BCUT2D eigenvalue weighted by Crippen LogP contribution is -2.40. The highest BCUT2D eigenvalue weighted by Gasteiger charge is 2.10. The fourth-order valence-corrected chi connectivity index (χ4v) is 3.13. The van der Waals surface area contributed by atoms with E-state index < -0.39 is 0 Å². The maximum absolute atomic E-state index is 5.90. The number of hydrogen-bond acceptors (Lipinski definition) is 4. The first-order valence-electron chi connectivity index (χ1n) is 7.57. The Morgan fingerprint density at radius 3 is 2.83 bits per heavy atom. The van der Waals surface area contributed by atoms with Gasteiger partial charge >= 0.3 is 0 Å². The van der Waals surface area contributed by atoms with Gasteiger partial charge in [-0.15, -0.1) is 11.3 Å². The predicted molar refractivity (Wildman–Crippen MR) is 95.8 cm³/mol. The largest absolute Gasteiger partial charge is 0.457 e. The lowest BCUT2D eigenvalue weighted by molar-refractivity contribution is 0.512. The number of hydrogen-bond donors (Lipinski definition) is 2. The molecule has 3 rings (SSSR count). The molecule has 0 aliphatic carbocycles. The van der Waals surface area contributed by atoms with Crippen molar-refractivity contribution in [1.29, 1.82) is 0 Å². The average molecular weight is 328 g/mol. The van der Waals surface area contributed by atoms with E-state index in [-0.39, 0.29) is 0 Å². The molecule has 5 nitrogen and oxygen atoms in total. The Labute approximate surface area is 139 Å². The number of aliphatic imine (C=N–C) groups is 1. The highest BCUT2D eigenvalue weighted by atomic mass is 32.1. The van der Waals surface area contributed by atoms with E-state index in [9.17, 15) is 0 Å². The van der Waals surface area contributed by atoms with E-state index in [1.165, 1.54) is 4.70 Å². The zero-order valence-corrected chi connectivity index (χ0v) is 14.3. The van der Waals surface area contributed by atoms with Crippen LogP contribution in [0.2, 0.25) is 0 Å². The summed E-state index contributed by atoms with van der Waals surface area (Å²) >= 11 is 1.64. The number of rotatable bonds is 4. The first kappa shape index (κ1) is 15.6. The standard InChI is InChI=1S/C17H20N4OS/c1-11(2)20-17(18-3)19-10-12-8-9-14(22-12)16-21-13-6-4-5-7-15(13)23-16/h4-9,11H,10H2,1-3H3,(H2,18,19,20). The van der Waals surface area contributed by atoms with Crippen LogP contribution < -0.4 is 10.6 Å². The first-order chi connectivity index (χ1) is 11.2. The summed E-state index contributed by atoms with van der Waals surface area (Å²) in [5.41, 5.74) is 1.00. The Morgan fingerprint density at radius 2 is 2.09 bits per heavy atom. The normalized spacial score (nSPS) is 12.1. The molecule has 120 valence electrons. The molecule has 0 unspecified atom stereocenters. The van der Waals surface area contributed by atoms with Gasteiger partial charge in [-0.25, -0.2) is 4.98 Å². The van der Waals surface area contributed by atoms with E-state index in [2.05, 4.69) is 40.5 Å². The van der Waals surface area contributed by atoms with Crippen LogP contribution in [0.3, 0.4) is 0 Å². The van der Waals surface area contributed by atoms with Crippen molar-refractivity contribution in [3.63, 3.8) is 0 Å². The number of benzene rings is 1. The van der Waals surface area contributed by atoms with Gasteiger partial charge in [-0.3, -0.25) is 4.99 Å². The van der Waals surface area contributed by atoms with E-state index in [1.54, 1.807) is 18.4 Å². The van der Waals surface area contributed by atoms with Crippen molar-refractivity contribution < 1.29 is 4.42 Å². The molecule has 0 saturated carbocycles. The van der Waals surface area contributed by atoms with Crippen molar-refractivity contribution in [2.24, 2.45) is 4.99 Å². The van der Waals surface area contributed by atoms with E-state index in [1.807, 2.05) is 30.3 Å². The van der Waals surface area contributed by atoms with E-state index in [0.717, 1.165) is 28.0 Å². The van der Waals surface area contributed by atoms with Crippen molar-refractivity contribution >= 4 is 27.5 Å². The van der Waals surface area contributed by atoms with Crippen LogP contribution in [0.25, 0.3) is 21.0 Å². The van der Waals surface area contributed by atoms with Crippen LogP contribution >= 0.6 is 11.3 Å². The third-order valence-corrected chi connectivity index (χ3v) is 4.30. The molecule has 0 radical (unpaired) electrons. The summed E-state index contributed by atoms with van der Waals surface area (Å²) in [6.07, 6.45) is 0. The Bertz CT molecular complexity index is 786. The van der Waals surface area contributed by atoms with Crippen molar-refractivity contribution in [2.75, 3.05) is 7.05 Å². The molecular weight excluding hydrogens is 308 g/mol. The van der Waals surface area contributed by atoms with E-state index in [4.69, 9.17) is 4.42 Å². The van der Waals surface area contributed by atoms with Crippen LogP contribution in [0.5, 0.6) is 0 Å². The van der Waals surface area contributed by atoms with Crippen LogP contribution in [0.15, 0.2) is 45.8 Å². The van der Waals surface area contributed by atoms with Gasteiger partial charge in [0.2, 0.25) is 0 Å². The van der Waals surface area contributed by atoms with E-state index in [0.29, 0.717) is 12.6 Å². The minimum absolute atomic E-state index is 0.330. The molecule has 0 fully saturated rings. The molecule has 3 aromatic rings. The fraction of sp³-hybridized carbons (Fsp3) is 0.294. The number of nitrogens with one attached hydrogen (secondary N) is 2. The first-order valence-corrected chi connectivity index (χ1v) is 8.39. The summed E-state index contributed by atoms with van der Waals surface area (Å²) in [6.45, 7) is 4.73. The zero-order valence-electron chi connectivity index (χ0n) is 13.5. The second kappa shape index (κ2) is 6.83. The molecule has 0 aliphatic rings. The Kier molecular flexibility index (Phi) is 4.62. The molecule has 0 bridgehead atoms. The lowest BCUT2D eigenvalue weighted by Gasteiger charge is -2.13. The number of nitrogens with zero attached hydrogens (tertiary/aromatic N) is 2. The van der Waals surface area contributed by atoms with Gasteiger partial charge in [-0.1, -0.05) is 12.1 Å². The Morgan fingerprint density at radius 1 is 1.26 bits per heavy atom. The number of para-hydroxylation sites is 1. The molecule has 23 heavy (non-hydrogen) atoms. The van der Waals surface area contributed by atoms with Crippen LogP contribution in [0.4, 0.5) is 0 Å². The number of aromatic nitrogens is 1. The second-order valence-electron chi connectivity index (χ2n) is 5.48. The summed E-state index contributed by atoms with van der Waals surface area (Å²) < 4.78 is 7.07. The fourth-order valence-electron chi connectivity index (χ4n) is 2.20. The molecular formula is C17H20N4OS. The highest BCUT2D eigenvalue weighted by Crippen LogP contribution is 2.30. The molecule has 2 N–H and O–H groups in total. The monoisotopic (exact) mass is 328 g/mol. The summed E-state index contributed by atoms with van der Waals surface area (Å²) in [7, 11) is 1.76. The molecule has 0 aliphatic heterocycles. The van der Waals surface area contributed by atoms with Crippen molar-refractivity contribution in [2.45, 2.75) is 26.4 Å². The minimum Gasteiger partial charge on any atom is -0.457 e. The van der Waals surface area contributed by atoms with Crippen LogP contribution in [0.1, 0.15) is 19.6 Å². The second-order valence-corrected chi connectivity index (χ2v) is 6.51. The van der Waals surface area contributed by atoms with E-state index >= 15 is 0 Å². The topological polar surface area (TPSA) is 62.5 Å². The van der Waals surface area contributed by atoms with Gasteiger partial charge in [0.15, 0.2) is 16.7 Å². The quantitative estimate of drug-likeness (QED) is 0.567. The maximum Gasteiger partial charge on any atom is 0.191 e. The molecule has 0 amide bonds. The van der Waals surface area contributed by atoms with Gasteiger partial charge in [-0.2, -0.15) is 0 Å². The third-order valence-electron chi connectivity index (χ3n) is 3.25. The molecule has 2 heterocycles. The molecule has 0 spiro atoms. The number of thiazole rings is 1. The zero-order chi connectivity index (χ0) is 16.2. The van der Waals surface area contributed by atoms with Crippen molar-refractivity contribution in [1.82, 2.24) is 15.6 Å². The number of furan rings is 1. The van der Waals surface area contributed by atoms with Gasteiger partial charge in [0, 0.05) is 13.1 Å². The van der Waals surface area contributed by atoms with Crippen molar-refractivity contribution in [3.05, 3.63) is 42.2 Å². The third kappa shape index (κ3) is 3.71.